The predicted molar refractivity (Wildman–Crippen MR) is 129 cm³/mol. The van der Waals surface area contributed by atoms with Gasteiger partial charge in [-0.05, 0) is 46.9 Å². The highest BCUT2D eigenvalue weighted by Gasteiger charge is 2.13. The van der Waals surface area contributed by atoms with E-state index < -0.39 is 12.1 Å². The van der Waals surface area contributed by atoms with Gasteiger partial charge in [-0.1, -0.05) is 62.4 Å². The average molecular weight is 450 g/mol. The van der Waals surface area contributed by atoms with E-state index in [1.165, 1.54) is 0 Å². The van der Waals surface area contributed by atoms with Crippen molar-refractivity contribution in [3.8, 4) is 22.6 Å². The molecule has 0 aromatic heterocycles. The van der Waals surface area contributed by atoms with Crippen molar-refractivity contribution >= 4 is 5.97 Å². The van der Waals surface area contributed by atoms with Crippen molar-refractivity contribution in [2.45, 2.75) is 20.0 Å². The van der Waals surface area contributed by atoms with Crippen LogP contribution in [0.1, 0.15) is 35.9 Å². The van der Waals surface area contributed by atoms with Crippen LogP contribution in [0.25, 0.3) is 11.1 Å². The molecule has 1 atom stereocenters. The van der Waals surface area contributed by atoms with Crippen LogP contribution in [0.5, 0.6) is 11.5 Å². The average Bonchev–Trinajstić information content (AvgIpc) is 2.83. The van der Waals surface area contributed by atoms with Gasteiger partial charge < -0.3 is 25.0 Å². The van der Waals surface area contributed by atoms with Gasteiger partial charge in [-0.25, -0.2) is 4.79 Å². The lowest BCUT2D eigenvalue weighted by molar-refractivity contribution is 0.0691. The van der Waals surface area contributed by atoms with Crippen LogP contribution in [0.4, 0.5) is 0 Å². The summed E-state index contributed by atoms with van der Waals surface area (Å²) < 4.78 is 11.5. The SMILES string of the molecule is CC(C)COc1cc(-c2ccc(OCCNC[C@@H](O)c3ccccc3)cc2)ccc1C(=O)O. The Labute approximate surface area is 194 Å². The van der Waals surface area contributed by atoms with E-state index in [4.69, 9.17) is 9.47 Å². The highest BCUT2D eigenvalue weighted by molar-refractivity contribution is 5.92. The van der Waals surface area contributed by atoms with Crippen LogP contribution in [0.3, 0.4) is 0 Å². The summed E-state index contributed by atoms with van der Waals surface area (Å²) in [5.41, 5.74) is 2.86. The minimum absolute atomic E-state index is 0.157. The summed E-state index contributed by atoms with van der Waals surface area (Å²) in [6.07, 6.45) is -0.549. The van der Waals surface area contributed by atoms with E-state index in [0.29, 0.717) is 38.0 Å². The largest absolute Gasteiger partial charge is 0.492 e. The number of hydrogen-bond acceptors (Lipinski definition) is 5. The Kier molecular flexibility index (Phi) is 8.87. The standard InChI is InChI=1S/C27H31NO5/c1-19(2)18-33-26-16-22(10-13-24(26)27(30)31)20-8-11-23(12-9-20)32-15-14-28-17-25(29)21-6-4-3-5-7-21/h3-13,16,19,25,28-29H,14-15,17-18H2,1-2H3,(H,30,31)/t25-/m1/s1. The van der Waals surface area contributed by atoms with E-state index in [1.807, 2.05) is 68.4 Å². The first-order valence-corrected chi connectivity index (χ1v) is 11.1. The highest BCUT2D eigenvalue weighted by atomic mass is 16.5. The molecule has 33 heavy (non-hydrogen) atoms. The number of ether oxygens (including phenoxy) is 2. The molecule has 0 heterocycles. The van der Waals surface area contributed by atoms with E-state index in [9.17, 15) is 15.0 Å². The number of carbonyl (C=O) groups is 1. The third-order valence-electron chi connectivity index (χ3n) is 5.04. The maximum atomic E-state index is 11.5. The number of carboxylic acids is 1. The second kappa shape index (κ2) is 12.0. The number of aliphatic hydroxyl groups is 1. The minimum atomic E-state index is -1.01. The van der Waals surface area contributed by atoms with Gasteiger partial charge in [-0.2, -0.15) is 0 Å². The molecule has 0 fully saturated rings. The molecule has 0 bridgehead atoms. The van der Waals surface area contributed by atoms with Gasteiger partial charge in [-0.3, -0.25) is 0 Å². The second-order valence-electron chi connectivity index (χ2n) is 8.22. The van der Waals surface area contributed by atoms with Crippen LogP contribution in [0.2, 0.25) is 0 Å². The summed E-state index contributed by atoms with van der Waals surface area (Å²) in [5.74, 6) is 0.400. The van der Waals surface area contributed by atoms with Crippen LogP contribution in [-0.4, -0.2) is 42.5 Å². The Hall–Kier alpha value is -3.35. The molecular weight excluding hydrogens is 418 g/mol. The second-order valence-corrected chi connectivity index (χ2v) is 8.22. The monoisotopic (exact) mass is 449 g/mol. The molecule has 0 aliphatic heterocycles. The van der Waals surface area contributed by atoms with Gasteiger partial charge in [0.1, 0.15) is 23.7 Å². The van der Waals surface area contributed by atoms with Crippen LogP contribution in [-0.2, 0) is 0 Å². The number of carboxylic acid groups (broad SMARTS) is 1. The van der Waals surface area contributed by atoms with Crippen molar-refractivity contribution < 1.29 is 24.5 Å². The number of benzene rings is 3. The molecule has 3 aromatic rings. The van der Waals surface area contributed by atoms with Crippen molar-refractivity contribution in [1.82, 2.24) is 5.32 Å². The van der Waals surface area contributed by atoms with Gasteiger partial charge in [0, 0.05) is 13.1 Å². The summed E-state index contributed by atoms with van der Waals surface area (Å²) in [7, 11) is 0. The van der Waals surface area contributed by atoms with Crippen LogP contribution >= 0.6 is 0 Å². The Balaban J connectivity index is 1.52. The molecule has 0 aliphatic rings. The lowest BCUT2D eigenvalue weighted by atomic mass is 10.0. The molecule has 0 aliphatic carbocycles. The Morgan fingerprint density at radius 3 is 2.30 bits per heavy atom. The molecule has 0 radical (unpaired) electrons. The zero-order chi connectivity index (χ0) is 23.6. The van der Waals surface area contributed by atoms with Gasteiger partial charge in [0.05, 0.1) is 12.7 Å². The smallest absolute Gasteiger partial charge is 0.339 e. The highest BCUT2D eigenvalue weighted by Crippen LogP contribution is 2.29. The lowest BCUT2D eigenvalue weighted by Gasteiger charge is -2.14. The summed E-state index contributed by atoms with van der Waals surface area (Å²) in [5, 5.41) is 22.8. The van der Waals surface area contributed by atoms with Crippen molar-refractivity contribution in [1.29, 1.82) is 0 Å². The van der Waals surface area contributed by atoms with E-state index in [2.05, 4.69) is 5.32 Å². The zero-order valence-corrected chi connectivity index (χ0v) is 19.0. The lowest BCUT2D eigenvalue weighted by Crippen LogP contribution is -2.26. The Morgan fingerprint density at radius 2 is 1.64 bits per heavy atom. The molecule has 0 unspecified atom stereocenters. The van der Waals surface area contributed by atoms with Crippen LogP contribution in [0, 0.1) is 5.92 Å². The maximum Gasteiger partial charge on any atom is 0.339 e. The molecule has 3 rings (SSSR count). The third-order valence-corrected chi connectivity index (χ3v) is 5.04. The van der Waals surface area contributed by atoms with Gasteiger partial charge in [0.15, 0.2) is 0 Å². The van der Waals surface area contributed by atoms with Crippen molar-refractivity contribution in [3.05, 3.63) is 83.9 Å². The summed E-state index contributed by atoms with van der Waals surface area (Å²) in [6.45, 7) is 6.03. The number of aromatic carboxylic acids is 1. The van der Waals surface area contributed by atoms with Gasteiger partial charge in [0.2, 0.25) is 0 Å². The first-order chi connectivity index (χ1) is 15.9. The molecule has 3 N–H and O–H groups in total. The number of hydrogen-bond donors (Lipinski definition) is 3. The normalized spacial score (nSPS) is 11.9. The number of rotatable bonds is 12. The van der Waals surface area contributed by atoms with E-state index in [-0.39, 0.29) is 5.56 Å². The summed E-state index contributed by atoms with van der Waals surface area (Å²) >= 11 is 0. The number of nitrogens with one attached hydrogen (secondary N) is 1. The fraction of sp³-hybridized carbons (Fsp3) is 0.296. The first-order valence-electron chi connectivity index (χ1n) is 11.1. The molecular formula is C27H31NO5. The molecule has 6 heteroatoms. The van der Waals surface area contributed by atoms with E-state index in [0.717, 1.165) is 22.4 Å². The first kappa shape index (κ1) is 24.3. The predicted octanol–water partition coefficient (Wildman–Crippen LogP) is 4.79. The molecule has 0 saturated carbocycles. The molecule has 0 amide bonds. The van der Waals surface area contributed by atoms with Gasteiger partial charge in [0.25, 0.3) is 0 Å². The fourth-order valence-corrected chi connectivity index (χ4v) is 3.27. The van der Waals surface area contributed by atoms with Crippen molar-refractivity contribution in [2.24, 2.45) is 5.92 Å². The van der Waals surface area contributed by atoms with Crippen LogP contribution < -0.4 is 14.8 Å². The minimum Gasteiger partial charge on any atom is -0.492 e. The quantitative estimate of drug-likeness (QED) is 0.345. The maximum absolute atomic E-state index is 11.5. The Bertz CT molecular complexity index is 1020. The third kappa shape index (κ3) is 7.34. The molecule has 0 saturated heterocycles. The van der Waals surface area contributed by atoms with Crippen molar-refractivity contribution in [2.75, 3.05) is 26.3 Å². The Morgan fingerprint density at radius 1 is 0.939 bits per heavy atom. The van der Waals surface area contributed by atoms with Gasteiger partial charge >= 0.3 is 5.97 Å². The molecule has 6 nitrogen and oxygen atoms in total. The number of aliphatic hydroxyl groups excluding tert-OH is 1. The van der Waals surface area contributed by atoms with Crippen molar-refractivity contribution in [3.63, 3.8) is 0 Å². The summed E-state index contributed by atoms with van der Waals surface area (Å²) in [6, 6.07) is 22.3. The summed E-state index contributed by atoms with van der Waals surface area (Å²) in [4.78, 5) is 11.5. The van der Waals surface area contributed by atoms with E-state index >= 15 is 0 Å². The molecule has 3 aromatic carbocycles. The fourth-order valence-electron chi connectivity index (χ4n) is 3.27. The topological polar surface area (TPSA) is 88.0 Å². The zero-order valence-electron chi connectivity index (χ0n) is 19.0. The molecule has 174 valence electrons. The van der Waals surface area contributed by atoms with Crippen LogP contribution in [0.15, 0.2) is 72.8 Å². The molecule has 0 spiro atoms. The van der Waals surface area contributed by atoms with Gasteiger partial charge in [-0.15, -0.1) is 0 Å². The van der Waals surface area contributed by atoms with E-state index in [1.54, 1.807) is 18.2 Å².